The number of hydrogen-bond acceptors (Lipinski definition) is 6. The number of hydrogen-bond donors (Lipinski definition) is 3. The molecule has 1 aromatic heterocycles. The lowest BCUT2D eigenvalue weighted by Gasteiger charge is -2.29. The second-order valence-electron chi connectivity index (χ2n) is 4.32. The Hall–Kier alpha value is -1.34. The third-order valence-electron chi connectivity index (χ3n) is 2.79. The summed E-state index contributed by atoms with van der Waals surface area (Å²) in [7, 11) is 0. The maximum atomic E-state index is 11.7. The highest BCUT2D eigenvalue weighted by atomic mass is 79.9. The van der Waals surface area contributed by atoms with Gasteiger partial charge in [0.25, 0.3) is 0 Å². The van der Waals surface area contributed by atoms with Gasteiger partial charge in [0.2, 0.25) is 0 Å². The molecule has 0 saturated carbocycles. The zero-order valence-electron chi connectivity index (χ0n) is 11.1. The second-order valence-corrected chi connectivity index (χ2v) is 5.24. The van der Waals surface area contributed by atoms with Gasteiger partial charge in [0.05, 0.1) is 18.3 Å². The molecule has 4 N–H and O–H groups in total. The highest BCUT2D eigenvalue weighted by molar-refractivity contribution is 9.10. The van der Waals surface area contributed by atoms with E-state index in [9.17, 15) is 9.90 Å². The molecule has 7 heteroatoms. The number of aliphatic hydroxyl groups is 1. The molecule has 0 amide bonds. The standard InChI is InChI=1S/C12H18BrN3O3/c1-4-19-11(17)12(3,18)7(2)16-9-5-8(13)6-15-10(9)14/h5-7,16,18H,4H2,1-3H3,(H2,14,15). The topological polar surface area (TPSA) is 97.5 Å². The first-order valence-electron chi connectivity index (χ1n) is 5.86. The van der Waals surface area contributed by atoms with Crippen molar-refractivity contribution in [3.8, 4) is 0 Å². The van der Waals surface area contributed by atoms with Gasteiger partial charge in [-0.05, 0) is 42.8 Å². The molecular formula is C12H18BrN3O3. The number of anilines is 2. The van der Waals surface area contributed by atoms with Crippen LogP contribution in [0.3, 0.4) is 0 Å². The van der Waals surface area contributed by atoms with Crippen LogP contribution in [0, 0.1) is 0 Å². The van der Waals surface area contributed by atoms with Crippen LogP contribution in [0.5, 0.6) is 0 Å². The molecule has 1 rings (SSSR count). The maximum absolute atomic E-state index is 11.7. The average Bonchev–Trinajstić information content (AvgIpc) is 2.34. The maximum Gasteiger partial charge on any atom is 0.339 e. The number of carbonyl (C=O) groups excluding carboxylic acids is 1. The Kier molecular flexibility index (Phi) is 5.13. The number of aromatic nitrogens is 1. The Labute approximate surface area is 120 Å². The predicted octanol–water partition coefficient (Wildman–Crippen LogP) is 1.54. The summed E-state index contributed by atoms with van der Waals surface area (Å²) in [5.74, 6) is -0.397. The summed E-state index contributed by atoms with van der Waals surface area (Å²) in [6.07, 6.45) is 1.56. The number of esters is 1. The smallest absolute Gasteiger partial charge is 0.339 e. The average molecular weight is 332 g/mol. The van der Waals surface area contributed by atoms with Crippen LogP contribution in [0.15, 0.2) is 16.7 Å². The Balaban J connectivity index is 2.86. The van der Waals surface area contributed by atoms with Crippen LogP contribution >= 0.6 is 15.9 Å². The van der Waals surface area contributed by atoms with E-state index in [1.807, 2.05) is 0 Å². The minimum atomic E-state index is -1.66. The van der Waals surface area contributed by atoms with Crippen LogP contribution in [-0.2, 0) is 9.53 Å². The van der Waals surface area contributed by atoms with Gasteiger partial charge in [-0.2, -0.15) is 0 Å². The second kappa shape index (κ2) is 6.21. The highest BCUT2D eigenvalue weighted by Crippen LogP contribution is 2.24. The Bertz CT molecular complexity index is 466. The van der Waals surface area contributed by atoms with Crippen molar-refractivity contribution in [2.75, 3.05) is 17.7 Å². The summed E-state index contributed by atoms with van der Waals surface area (Å²) in [6, 6.07) is 1.13. The SMILES string of the molecule is CCOC(=O)C(C)(O)C(C)Nc1cc(Br)cnc1N. The molecule has 0 bridgehead atoms. The molecule has 2 unspecified atom stereocenters. The molecule has 0 aliphatic carbocycles. The number of rotatable bonds is 5. The van der Waals surface area contributed by atoms with E-state index in [4.69, 9.17) is 10.5 Å². The van der Waals surface area contributed by atoms with Gasteiger partial charge in [-0.15, -0.1) is 0 Å². The van der Waals surface area contributed by atoms with E-state index in [0.717, 1.165) is 4.47 Å². The van der Waals surface area contributed by atoms with Crippen molar-refractivity contribution in [3.05, 3.63) is 16.7 Å². The molecule has 2 atom stereocenters. The Morgan fingerprint density at radius 1 is 1.74 bits per heavy atom. The lowest BCUT2D eigenvalue weighted by atomic mass is 9.98. The van der Waals surface area contributed by atoms with E-state index < -0.39 is 17.6 Å². The van der Waals surface area contributed by atoms with Crippen molar-refractivity contribution < 1.29 is 14.6 Å². The van der Waals surface area contributed by atoms with Crippen molar-refractivity contribution in [1.82, 2.24) is 4.98 Å². The van der Waals surface area contributed by atoms with Gasteiger partial charge < -0.3 is 20.9 Å². The fraction of sp³-hybridized carbons (Fsp3) is 0.500. The minimum Gasteiger partial charge on any atom is -0.464 e. The number of carbonyl (C=O) groups is 1. The van der Waals surface area contributed by atoms with Crippen LogP contribution in [-0.4, -0.2) is 34.3 Å². The van der Waals surface area contributed by atoms with Gasteiger partial charge in [-0.3, -0.25) is 0 Å². The van der Waals surface area contributed by atoms with E-state index in [0.29, 0.717) is 5.69 Å². The largest absolute Gasteiger partial charge is 0.464 e. The molecular weight excluding hydrogens is 314 g/mol. The van der Waals surface area contributed by atoms with Crippen LogP contribution < -0.4 is 11.1 Å². The van der Waals surface area contributed by atoms with Crippen molar-refractivity contribution in [1.29, 1.82) is 0 Å². The summed E-state index contributed by atoms with van der Waals surface area (Å²) in [5.41, 5.74) is 4.60. The van der Waals surface area contributed by atoms with E-state index >= 15 is 0 Å². The lowest BCUT2D eigenvalue weighted by Crippen LogP contribution is -2.50. The highest BCUT2D eigenvalue weighted by Gasteiger charge is 2.38. The number of ether oxygens (including phenoxy) is 1. The first kappa shape index (κ1) is 15.7. The predicted molar refractivity (Wildman–Crippen MR) is 76.7 cm³/mol. The Morgan fingerprint density at radius 3 is 2.95 bits per heavy atom. The lowest BCUT2D eigenvalue weighted by molar-refractivity contribution is -0.164. The quantitative estimate of drug-likeness (QED) is 0.708. The number of nitrogens with one attached hydrogen (secondary N) is 1. The number of halogens is 1. The molecule has 19 heavy (non-hydrogen) atoms. The molecule has 0 aliphatic heterocycles. The molecule has 1 heterocycles. The molecule has 0 saturated heterocycles. The van der Waals surface area contributed by atoms with Crippen molar-refractivity contribution >= 4 is 33.4 Å². The third-order valence-corrected chi connectivity index (χ3v) is 3.22. The van der Waals surface area contributed by atoms with Gasteiger partial charge in [-0.1, -0.05) is 0 Å². The third kappa shape index (κ3) is 3.81. The van der Waals surface area contributed by atoms with Gasteiger partial charge in [0, 0.05) is 10.7 Å². The van der Waals surface area contributed by atoms with Gasteiger partial charge in [-0.25, -0.2) is 9.78 Å². The summed E-state index contributed by atoms with van der Waals surface area (Å²) in [4.78, 5) is 15.6. The number of pyridine rings is 1. The fourth-order valence-corrected chi connectivity index (χ4v) is 1.72. The molecule has 0 aliphatic rings. The van der Waals surface area contributed by atoms with Crippen LogP contribution in [0.25, 0.3) is 0 Å². The molecule has 0 fully saturated rings. The van der Waals surface area contributed by atoms with Crippen molar-refractivity contribution in [2.45, 2.75) is 32.4 Å². The monoisotopic (exact) mass is 331 g/mol. The van der Waals surface area contributed by atoms with E-state index in [2.05, 4.69) is 26.2 Å². The molecule has 0 radical (unpaired) electrons. The first-order valence-corrected chi connectivity index (χ1v) is 6.65. The Morgan fingerprint density at radius 2 is 2.37 bits per heavy atom. The summed E-state index contributed by atoms with van der Waals surface area (Å²) < 4.78 is 5.58. The number of nitrogen functional groups attached to an aromatic ring is 1. The molecule has 106 valence electrons. The number of nitrogens with zero attached hydrogens (tertiary/aromatic N) is 1. The van der Waals surface area contributed by atoms with Crippen molar-refractivity contribution in [2.24, 2.45) is 0 Å². The zero-order chi connectivity index (χ0) is 14.6. The van der Waals surface area contributed by atoms with Crippen LogP contribution in [0.1, 0.15) is 20.8 Å². The minimum absolute atomic E-state index is 0.211. The summed E-state index contributed by atoms with van der Waals surface area (Å²) in [6.45, 7) is 4.95. The van der Waals surface area contributed by atoms with Crippen LogP contribution in [0.2, 0.25) is 0 Å². The van der Waals surface area contributed by atoms with Gasteiger partial charge in [0.1, 0.15) is 5.82 Å². The molecule has 0 spiro atoms. The van der Waals surface area contributed by atoms with E-state index in [1.54, 1.807) is 26.1 Å². The molecule has 0 aromatic carbocycles. The van der Waals surface area contributed by atoms with Gasteiger partial charge >= 0.3 is 5.97 Å². The van der Waals surface area contributed by atoms with Crippen molar-refractivity contribution in [3.63, 3.8) is 0 Å². The first-order chi connectivity index (χ1) is 8.78. The summed E-state index contributed by atoms with van der Waals surface area (Å²) in [5, 5.41) is 13.2. The fourth-order valence-electron chi connectivity index (χ4n) is 1.39. The number of nitrogens with two attached hydrogens (primary N) is 1. The zero-order valence-corrected chi connectivity index (χ0v) is 12.7. The molecule has 6 nitrogen and oxygen atoms in total. The molecule has 1 aromatic rings. The summed E-state index contributed by atoms with van der Waals surface area (Å²) >= 11 is 3.28. The van der Waals surface area contributed by atoms with Crippen LogP contribution in [0.4, 0.5) is 11.5 Å². The van der Waals surface area contributed by atoms with Gasteiger partial charge in [0.15, 0.2) is 5.60 Å². The normalized spacial score (nSPS) is 15.4. The van der Waals surface area contributed by atoms with E-state index in [1.165, 1.54) is 6.92 Å². The van der Waals surface area contributed by atoms with E-state index in [-0.39, 0.29) is 12.4 Å².